The van der Waals surface area contributed by atoms with Crippen molar-refractivity contribution in [2.75, 3.05) is 6.61 Å². The molecule has 0 spiro atoms. The topological polar surface area (TPSA) is 66.5 Å². The van der Waals surface area contributed by atoms with Crippen molar-refractivity contribution in [3.05, 3.63) is 65.9 Å². The minimum Gasteiger partial charge on any atom is -0.494 e. The monoisotopic (exact) mass is 333 g/mol. The highest BCUT2D eigenvalue weighted by Crippen LogP contribution is 2.31. The Hall–Kier alpha value is -3.08. The minimum atomic E-state index is -0.254. The molecule has 0 unspecified atom stereocenters. The molecular weight excluding hydrogens is 314 g/mol. The zero-order valence-corrected chi connectivity index (χ0v) is 14.0. The van der Waals surface area contributed by atoms with Crippen LogP contribution in [0.4, 0.5) is 0 Å². The Kier molecular flexibility index (Phi) is 3.98. The van der Waals surface area contributed by atoms with Crippen LogP contribution in [0, 0.1) is 0 Å². The summed E-state index contributed by atoms with van der Waals surface area (Å²) in [7, 11) is 0. The molecule has 2 N–H and O–H groups in total. The standard InChI is InChI=1S/C20H19N3O2/c1-2-25-14-9-7-13(8-10-14)19-11-16(20(24)23-22-19)17-12-21-18-6-4-3-5-15(17)18/h3-10,12,16,21H,2,11H2,1H3,(H,23,24)/t16-/m1/s1. The van der Waals surface area contributed by atoms with Gasteiger partial charge in [0.15, 0.2) is 0 Å². The van der Waals surface area contributed by atoms with E-state index in [4.69, 9.17) is 4.74 Å². The fourth-order valence-electron chi connectivity index (χ4n) is 3.26. The number of para-hydroxylation sites is 1. The van der Waals surface area contributed by atoms with Gasteiger partial charge in [-0.2, -0.15) is 5.10 Å². The summed E-state index contributed by atoms with van der Waals surface area (Å²) in [6.07, 6.45) is 2.50. The van der Waals surface area contributed by atoms with Crippen molar-refractivity contribution in [3.63, 3.8) is 0 Å². The largest absolute Gasteiger partial charge is 0.494 e. The summed E-state index contributed by atoms with van der Waals surface area (Å²) in [4.78, 5) is 15.6. The van der Waals surface area contributed by atoms with Gasteiger partial charge in [-0.3, -0.25) is 4.79 Å². The number of hydrogen-bond donors (Lipinski definition) is 2. The van der Waals surface area contributed by atoms with Crippen LogP contribution in [0.1, 0.15) is 30.4 Å². The highest BCUT2D eigenvalue weighted by atomic mass is 16.5. The van der Waals surface area contributed by atoms with Gasteiger partial charge in [0.05, 0.1) is 18.2 Å². The molecule has 3 aromatic rings. The molecule has 25 heavy (non-hydrogen) atoms. The van der Waals surface area contributed by atoms with Crippen LogP contribution in [0.5, 0.6) is 5.75 Å². The Bertz CT molecular complexity index is 941. The number of aromatic nitrogens is 1. The maximum atomic E-state index is 12.4. The van der Waals surface area contributed by atoms with Crippen molar-refractivity contribution >= 4 is 22.5 Å². The SMILES string of the molecule is CCOc1ccc(C2=NNC(=O)[C@@H](c3c[nH]c4ccccc34)C2)cc1. The lowest BCUT2D eigenvalue weighted by Crippen LogP contribution is -2.33. The molecule has 1 aliphatic heterocycles. The summed E-state index contributed by atoms with van der Waals surface area (Å²) >= 11 is 0. The fraction of sp³-hybridized carbons (Fsp3) is 0.200. The average molecular weight is 333 g/mol. The smallest absolute Gasteiger partial charge is 0.248 e. The number of hydrogen-bond acceptors (Lipinski definition) is 3. The third kappa shape index (κ3) is 2.89. The highest BCUT2D eigenvalue weighted by Gasteiger charge is 2.29. The number of carbonyl (C=O) groups excluding carboxylic acids is 1. The first-order valence-corrected chi connectivity index (χ1v) is 8.42. The molecule has 1 aliphatic rings. The Morgan fingerprint density at radius 1 is 1.16 bits per heavy atom. The van der Waals surface area contributed by atoms with E-state index >= 15 is 0 Å². The lowest BCUT2D eigenvalue weighted by atomic mass is 9.89. The maximum absolute atomic E-state index is 12.4. The van der Waals surface area contributed by atoms with Crippen molar-refractivity contribution in [3.8, 4) is 5.75 Å². The van der Waals surface area contributed by atoms with Gasteiger partial charge in [-0.1, -0.05) is 18.2 Å². The first-order valence-electron chi connectivity index (χ1n) is 8.42. The molecule has 5 nitrogen and oxygen atoms in total. The number of nitrogens with one attached hydrogen (secondary N) is 2. The van der Waals surface area contributed by atoms with Gasteiger partial charge in [0, 0.05) is 23.5 Å². The summed E-state index contributed by atoms with van der Waals surface area (Å²) in [5, 5.41) is 5.34. The van der Waals surface area contributed by atoms with Gasteiger partial charge in [-0.15, -0.1) is 0 Å². The molecule has 0 bridgehead atoms. The Labute approximate surface area is 145 Å². The van der Waals surface area contributed by atoms with Crippen molar-refractivity contribution in [1.29, 1.82) is 0 Å². The molecule has 0 aliphatic carbocycles. The highest BCUT2D eigenvalue weighted by molar-refractivity contribution is 6.07. The first kappa shape index (κ1) is 15.4. The van der Waals surface area contributed by atoms with Crippen LogP contribution in [0.25, 0.3) is 10.9 Å². The van der Waals surface area contributed by atoms with Crippen LogP contribution in [0.3, 0.4) is 0 Å². The molecular formula is C20H19N3O2. The van der Waals surface area contributed by atoms with E-state index in [0.717, 1.165) is 33.5 Å². The summed E-state index contributed by atoms with van der Waals surface area (Å²) in [6, 6.07) is 15.8. The fourth-order valence-corrected chi connectivity index (χ4v) is 3.26. The van der Waals surface area contributed by atoms with Crippen molar-refractivity contribution in [2.24, 2.45) is 5.10 Å². The van der Waals surface area contributed by atoms with Gasteiger partial charge in [0.2, 0.25) is 5.91 Å². The van der Waals surface area contributed by atoms with E-state index in [1.807, 2.05) is 61.7 Å². The van der Waals surface area contributed by atoms with Crippen molar-refractivity contribution in [2.45, 2.75) is 19.3 Å². The van der Waals surface area contributed by atoms with Crippen molar-refractivity contribution in [1.82, 2.24) is 10.4 Å². The van der Waals surface area contributed by atoms with Crippen LogP contribution in [0.15, 0.2) is 59.8 Å². The number of nitrogens with zero attached hydrogens (tertiary/aromatic N) is 1. The van der Waals surface area contributed by atoms with Gasteiger partial charge < -0.3 is 9.72 Å². The van der Waals surface area contributed by atoms with Crippen LogP contribution < -0.4 is 10.2 Å². The molecule has 5 heteroatoms. The van der Waals surface area contributed by atoms with Gasteiger partial charge >= 0.3 is 0 Å². The predicted octanol–water partition coefficient (Wildman–Crippen LogP) is 3.57. The normalized spacial score (nSPS) is 17.2. The van der Waals surface area contributed by atoms with Crippen molar-refractivity contribution < 1.29 is 9.53 Å². The molecule has 126 valence electrons. The molecule has 0 radical (unpaired) electrons. The lowest BCUT2D eigenvalue weighted by Gasteiger charge is -2.21. The zero-order valence-electron chi connectivity index (χ0n) is 14.0. The number of H-pyrrole nitrogens is 1. The quantitative estimate of drug-likeness (QED) is 0.766. The average Bonchev–Trinajstić information content (AvgIpc) is 3.07. The Morgan fingerprint density at radius 2 is 1.96 bits per heavy atom. The van der Waals surface area contributed by atoms with E-state index in [1.165, 1.54) is 0 Å². The third-order valence-corrected chi connectivity index (χ3v) is 4.51. The van der Waals surface area contributed by atoms with E-state index in [1.54, 1.807) is 0 Å². The molecule has 2 aromatic carbocycles. The summed E-state index contributed by atoms with van der Waals surface area (Å²) in [5.41, 5.74) is 6.59. The molecule has 0 saturated heterocycles. The molecule has 1 aromatic heterocycles. The number of carbonyl (C=O) groups is 1. The summed E-state index contributed by atoms with van der Waals surface area (Å²) in [6.45, 7) is 2.60. The molecule has 0 fully saturated rings. The summed E-state index contributed by atoms with van der Waals surface area (Å²) < 4.78 is 5.48. The van der Waals surface area contributed by atoms with E-state index in [0.29, 0.717) is 13.0 Å². The number of hydrazone groups is 1. The van der Waals surface area contributed by atoms with Gasteiger partial charge in [-0.05, 0) is 48.4 Å². The molecule has 1 atom stereocenters. The first-order chi connectivity index (χ1) is 12.3. The number of aromatic amines is 1. The second-order valence-electron chi connectivity index (χ2n) is 6.04. The van der Waals surface area contributed by atoms with Crippen LogP contribution in [-0.2, 0) is 4.79 Å². The maximum Gasteiger partial charge on any atom is 0.248 e. The van der Waals surface area contributed by atoms with Gasteiger partial charge in [-0.25, -0.2) is 5.43 Å². The minimum absolute atomic E-state index is 0.0700. The molecule has 0 saturated carbocycles. The van der Waals surface area contributed by atoms with Crippen LogP contribution in [0.2, 0.25) is 0 Å². The third-order valence-electron chi connectivity index (χ3n) is 4.51. The zero-order chi connectivity index (χ0) is 17.2. The Morgan fingerprint density at radius 3 is 2.76 bits per heavy atom. The van der Waals surface area contributed by atoms with Gasteiger partial charge in [0.25, 0.3) is 0 Å². The van der Waals surface area contributed by atoms with Crippen LogP contribution >= 0.6 is 0 Å². The number of ether oxygens (including phenoxy) is 1. The van der Waals surface area contributed by atoms with Crippen LogP contribution in [-0.4, -0.2) is 23.2 Å². The molecule has 4 rings (SSSR count). The second kappa shape index (κ2) is 6.43. The number of fused-ring (bicyclic) bond motifs is 1. The Balaban J connectivity index is 1.63. The molecule has 2 heterocycles. The van der Waals surface area contributed by atoms with Gasteiger partial charge in [0.1, 0.15) is 5.75 Å². The molecule has 1 amide bonds. The second-order valence-corrected chi connectivity index (χ2v) is 6.04. The summed E-state index contributed by atoms with van der Waals surface area (Å²) in [5.74, 6) is 0.509. The number of rotatable bonds is 4. The van der Waals surface area contributed by atoms with E-state index in [-0.39, 0.29) is 11.8 Å². The number of benzene rings is 2. The lowest BCUT2D eigenvalue weighted by molar-refractivity contribution is -0.122. The number of amides is 1. The van der Waals surface area contributed by atoms with E-state index < -0.39 is 0 Å². The van der Waals surface area contributed by atoms with E-state index in [2.05, 4.69) is 15.5 Å². The van der Waals surface area contributed by atoms with E-state index in [9.17, 15) is 4.79 Å². The predicted molar refractivity (Wildman–Crippen MR) is 97.9 cm³/mol.